The Balaban J connectivity index is 2.68. The SMILES string of the molecule is CC(Oc1ccc(Cl)cc1-c1ccc(S(C)(=O)=O)c(C(F)(F)F)c1)C(=O)O. The molecule has 0 radical (unpaired) electrons. The zero-order valence-electron chi connectivity index (χ0n) is 14.0. The number of ether oxygens (including phenoxy) is 1. The molecule has 2 aromatic carbocycles. The van der Waals surface area contributed by atoms with Gasteiger partial charge in [-0.1, -0.05) is 17.7 Å². The first-order valence-corrected chi connectivity index (χ1v) is 9.68. The van der Waals surface area contributed by atoms with Crippen LogP contribution in [-0.2, 0) is 20.8 Å². The number of rotatable bonds is 5. The van der Waals surface area contributed by atoms with Gasteiger partial charge in [0, 0.05) is 16.8 Å². The minimum Gasteiger partial charge on any atom is -0.479 e. The predicted molar refractivity (Wildman–Crippen MR) is 92.7 cm³/mol. The van der Waals surface area contributed by atoms with Gasteiger partial charge < -0.3 is 9.84 Å². The number of carboxylic acids is 1. The van der Waals surface area contributed by atoms with E-state index in [4.69, 9.17) is 21.4 Å². The summed E-state index contributed by atoms with van der Waals surface area (Å²) in [5.74, 6) is -1.27. The Bertz CT molecular complexity index is 987. The van der Waals surface area contributed by atoms with Crippen molar-refractivity contribution in [3.63, 3.8) is 0 Å². The third kappa shape index (κ3) is 4.92. The molecule has 0 aliphatic heterocycles. The van der Waals surface area contributed by atoms with Crippen molar-refractivity contribution in [1.82, 2.24) is 0 Å². The molecule has 1 atom stereocenters. The molecule has 2 rings (SSSR count). The Morgan fingerprint density at radius 3 is 2.33 bits per heavy atom. The lowest BCUT2D eigenvalue weighted by Gasteiger charge is -2.17. The smallest absolute Gasteiger partial charge is 0.417 e. The van der Waals surface area contributed by atoms with E-state index in [9.17, 15) is 26.4 Å². The molecule has 5 nitrogen and oxygen atoms in total. The molecule has 27 heavy (non-hydrogen) atoms. The predicted octanol–water partition coefficient (Wildman–Crippen LogP) is 4.28. The quantitative estimate of drug-likeness (QED) is 0.777. The van der Waals surface area contributed by atoms with Gasteiger partial charge in [0.25, 0.3) is 0 Å². The highest BCUT2D eigenvalue weighted by atomic mass is 35.5. The van der Waals surface area contributed by atoms with Crippen molar-refractivity contribution in [1.29, 1.82) is 0 Å². The lowest BCUT2D eigenvalue weighted by atomic mass is 10.0. The molecule has 146 valence electrons. The van der Waals surface area contributed by atoms with Crippen LogP contribution in [0.15, 0.2) is 41.3 Å². The second-order valence-electron chi connectivity index (χ2n) is 5.72. The fourth-order valence-corrected chi connectivity index (χ4v) is 3.38. The summed E-state index contributed by atoms with van der Waals surface area (Å²) in [5.41, 5.74) is -1.26. The molecule has 0 saturated carbocycles. The number of benzene rings is 2. The number of carbonyl (C=O) groups is 1. The van der Waals surface area contributed by atoms with Gasteiger partial charge in [-0.05, 0) is 42.8 Å². The summed E-state index contributed by atoms with van der Waals surface area (Å²) in [7, 11) is -4.12. The molecule has 1 unspecified atom stereocenters. The van der Waals surface area contributed by atoms with Crippen molar-refractivity contribution >= 4 is 27.4 Å². The van der Waals surface area contributed by atoms with Crippen LogP contribution in [0.25, 0.3) is 11.1 Å². The van der Waals surface area contributed by atoms with Crippen molar-refractivity contribution in [2.24, 2.45) is 0 Å². The van der Waals surface area contributed by atoms with Crippen LogP contribution in [0.4, 0.5) is 13.2 Å². The molecule has 2 aromatic rings. The number of halogens is 4. The highest BCUT2D eigenvalue weighted by Crippen LogP contribution is 2.40. The van der Waals surface area contributed by atoms with E-state index in [1.165, 1.54) is 31.2 Å². The number of aliphatic carboxylic acids is 1. The Morgan fingerprint density at radius 1 is 1.19 bits per heavy atom. The van der Waals surface area contributed by atoms with Gasteiger partial charge in [-0.25, -0.2) is 13.2 Å². The summed E-state index contributed by atoms with van der Waals surface area (Å²) in [4.78, 5) is 10.1. The second-order valence-corrected chi connectivity index (χ2v) is 8.14. The van der Waals surface area contributed by atoms with Crippen molar-refractivity contribution in [2.45, 2.75) is 24.1 Å². The van der Waals surface area contributed by atoms with Gasteiger partial charge in [0.05, 0.1) is 10.5 Å². The van der Waals surface area contributed by atoms with Crippen LogP contribution in [0.1, 0.15) is 12.5 Å². The third-order valence-electron chi connectivity index (χ3n) is 3.59. The van der Waals surface area contributed by atoms with Crippen molar-refractivity contribution in [3.05, 3.63) is 47.0 Å². The normalized spacial score (nSPS) is 13.3. The van der Waals surface area contributed by atoms with E-state index < -0.39 is 38.5 Å². The van der Waals surface area contributed by atoms with Crippen LogP contribution < -0.4 is 4.74 Å². The number of alkyl halides is 3. The maximum atomic E-state index is 13.4. The first-order valence-electron chi connectivity index (χ1n) is 7.41. The van der Waals surface area contributed by atoms with Gasteiger partial charge in [-0.15, -0.1) is 0 Å². The minimum atomic E-state index is -4.91. The van der Waals surface area contributed by atoms with E-state index in [-0.39, 0.29) is 21.9 Å². The number of carboxylic acid groups (broad SMARTS) is 1. The number of hydrogen-bond acceptors (Lipinski definition) is 4. The number of hydrogen-bond donors (Lipinski definition) is 1. The highest BCUT2D eigenvalue weighted by molar-refractivity contribution is 7.90. The molecule has 0 bridgehead atoms. The molecule has 0 heterocycles. The minimum absolute atomic E-state index is 0.00506. The van der Waals surface area contributed by atoms with E-state index in [0.717, 1.165) is 6.07 Å². The van der Waals surface area contributed by atoms with Crippen molar-refractivity contribution in [3.8, 4) is 16.9 Å². The van der Waals surface area contributed by atoms with Gasteiger partial charge in [-0.3, -0.25) is 0 Å². The van der Waals surface area contributed by atoms with Crippen LogP contribution in [0.3, 0.4) is 0 Å². The maximum Gasteiger partial charge on any atom is 0.417 e. The van der Waals surface area contributed by atoms with Gasteiger partial charge in [0.15, 0.2) is 15.9 Å². The van der Waals surface area contributed by atoms with Crippen LogP contribution in [0, 0.1) is 0 Å². The average molecular weight is 423 g/mol. The average Bonchev–Trinajstić information content (AvgIpc) is 2.54. The third-order valence-corrected chi connectivity index (χ3v) is 4.98. The van der Waals surface area contributed by atoms with Gasteiger partial charge in [-0.2, -0.15) is 13.2 Å². The summed E-state index contributed by atoms with van der Waals surface area (Å²) in [6, 6.07) is 6.72. The summed E-state index contributed by atoms with van der Waals surface area (Å²) < 4.78 is 68.8. The number of sulfone groups is 1. The molecule has 0 amide bonds. The summed E-state index contributed by atoms with van der Waals surface area (Å²) in [6.07, 6.45) is -5.50. The molecule has 0 aliphatic carbocycles. The fourth-order valence-electron chi connectivity index (χ4n) is 2.31. The zero-order chi connectivity index (χ0) is 20.6. The largest absolute Gasteiger partial charge is 0.479 e. The lowest BCUT2D eigenvalue weighted by Crippen LogP contribution is -2.23. The molecule has 0 fully saturated rings. The summed E-state index contributed by atoms with van der Waals surface area (Å²) in [6.45, 7) is 1.26. The van der Waals surface area contributed by atoms with E-state index in [0.29, 0.717) is 12.3 Å². The Labute approximate surface area is 158 Å². The monoisotopic (exact) mass is 422 g/mol. The Morgan fingerprint density at radius 2 is 1.81 bits per heavy atom. The van der Waals surface area contributed by atoms with Crippen molar-refractivity contribution in [2.75, 3.05) is 6.26 Å². The first-order chi connectivity index (χ1) is 12.3. The maximum absolute atomic E-state index is 13.4. The Kier molecular flexibility index (Phi) is 5.77. The molecule has 0 aliphatic rings. The Hall–Kier alpha value is -2.26. The van der Waals surface area contributed by atoms with Gasteiger partial charge in [0.2, 0.25) is 0 Å². The van der Waals surface area contributed by atoms with Crippen LogP contribution >= 0.6 is 11.6 Å². The molecule has 1 N–H and O–H groups in total. The highest BCUT2D eigenvalue weighted by Gasteiger charge is 2.36. The van der Waals surface area contributed by atoms with Gasteiger partial charge >= 0.3 is 12.1 Å². The van der Waals surface area contributed by atoms with Gasteiger partial charge in [0.1, 0.15) is 5.75 Å². The lowest BCUT2D eigenvalue weighted by molar-refractivity contribution is -0.144. The van der Waals surface area contributed by atoms with Crippen LogP contribution in [0.5, 0.6) is 5.75 Å². The second kappa shape index (κ2) is 7.40. The molecular formula is C17H14ClF3O5S. The molecule has 10 heteroatoms. The topological polar surface area (TPSA) is 80.7 Å². The van der Waals surface area contributed by atoms with Crippen LogP contribution in [-0.4, -0.2) is 31.9 Å². The first kappa shape index (κ1) is 21.0. The molecule has 0 aromatic heterocycles. The molecule has 0 spiro atoms. The van der Waals surface area contributed by atoms with E-state index >= 15 is 0 Å². The molecular weight excluding hydrogens is 409 g/mol. The van der Waals surface area contributed by atoms with E-state index in [2.05, 4.69) is 0 Å². The van der Waals surface area contributed by atoms with E-state index in [1.807, 2.05) is 0 Å². The van der Waals surface area contributed by atoms with Crippen molar-refractivity contribution < 1.29 is 36.2 Å². The zero-order valence-corrected chi connectivity index (χ0v) is 15.6. The van der Waals surface area contributed by atoms with Crippen LogP contribution in [0.2, 0.25) is 5.02 Å². The standard InChI is InChI=1S/C17H14ClF3O5S/c1-9(16(22)23)26-14-5-4-11(18)8-12(14)10-3-6-15(27(2,24)25)13(7-10)17(19,20)21/h3-9H,1-2H3,(H,22,23). The molecule has 0 saturated heterocycles. The fraction of sp³-hybridized carbons (Fsp3) is 0.235. The van der Waals surface area contributed by atoms with E-state index in [1.54, 1.807) is 0 Å². The summed E-state index contributed by atoms with van der Waals surface area (Å²) in [5, 5.41) is 9.15. The summed E-state index contributed by atoms with van der Waals surface area (Å²) >= 11 is 5.91.